The lowest BCUT2D eigenvalue weighted by Gasteiger charge is -2.00. The molecule has 0 saturated heterocycles. The van der Waals surface area contributed by atoms with Crippen molar-refractivity contribution in [2.75, 3.05) is 0 Å². The summed E-state index contributed by atoms with van der Waals surface area (Å²) in [5, 5.41) is 0. The Hall–Kier alpha value is -2.59. The Labute approximate surface area is 132 Å². The van der Waals surface area contributed by atoms with Crippen molar-refractivity contribution >= 4 is 11.9 Å². The highest BCUT2D eigenvalue weighted by molar-refractivity contribution is 6.03. The lowest BCUT2D eigenvalue weighted by Crippen LogP contribution is -2.00. The van der Waals surface area contributed by atoms with Crippen molar-refractivity contribution in [3.05, 3.63) is 77.4 Å². The molecule has 2 rings (SSSR count). The van der Waals surface area contributed by atoms with E-state index in [-0.39, 0.29) is 5.78 Å². The van der Waals surface area contributed by atoms with Gasteiger partial charge < -0.3 is 0 Å². The van der Waals surface area contributed by atoms with E-state index in [1.54, 1.807) is 0 Å². The summed E-state index contributed by atoms with van der Waals surface area (Å²) in [7, 11) is 0. The molecule has 0 unspecified atom stereocenters. The van der Waals surface area contributed by atoms with Crippen LogP contribution in [-0.4, -0.2) is 5.78 Å². The van der Waals surface area contributed by atoms with Crippen LogP contribution in [0.1, 0.15) is 37.3 Å². The van der Waals surface area contributed by atoms with Crippen molar-refractivity contribution < 1.29 is 4.79 Å². The second-order valence-electron chi connectivity index (χ2n) is 5.11. The van der Waals surface area contributed by atoms with Gasteiger partial charge in [0.25, 0.3) is 0 Å². The maximum absolute atomic E-state index is 12.4. The number of unbranched alkanes of at least 4 members (excludes halogenated alkanes) is 1. The van der Waals surface area contributed by atoms with Crippen LogP contribution in [0.3, 0.4) is 0 Å². The van der Waals surface area contributed by atoms with Crippen molar-refractivity contribution in [1.82, 2.24) is 0 Å². The molecule has 0 spiro atoms. The summed E-state index contributed by atoms with van der Waals surface area (Å²) in [4.78, 5) is 12.4. The number of ketones is 1. The molecular weight excluding hydrogens is 268 g/mol. The van der Waals surface area contributed by atoms with Crippen LogP contribution in [-0.2, 0) is 4.79 Å². The third-order valence-electron chi connectivity index (χ3n) is 3.28. The quantitative estimate of drug-likeness (QED) is 0.566. The number of carbonyl (C=O) groups is 1. The molecule has 0 aliphatic heterocycles. The summed E-state index contributed by atoms with van der Waals surface area (Å²) >= 11 is 0. The summed E-state index contributed by atoms with van der Waals surface area (Å²) in [6, 6.07) is 19.6. The number of Topliss-reactive ketones (excluding diaryl/α,β-unsaturated/α-hetero) is 1. The topological polar surface area (TPSA) is 17.1 Å². The first-order valence-corrected chi connectivity index (χ1v) is 7.66. The lowest BCUT2D eigenvalue weighted by atomic mass is 10.0. The average molecular weight is 288 g/mol. The van der Waals surface area contributed by atoms with Gasteiger partial charge in [0.1, 0.15) is 0 Å². The minimum Gasteiger partial charge on any atom is -0.293 e. The Bertz CT molecular complexity index is 685. The Morgan fingerprint density at radius 3 is 2.27 bits per heavy atom. The fourth-order valence-electron chi connectivity index (χ4n) is 2.04. The van der Waals surface area contributed by atoms with Crippen molar-refractivity contribution in [2.45, 2.75) is 26.2 Å². The van der Waals surface area contributed by atoms with Gasteiger partial charge in [0.15, 0.2) is 5.78 Å². The van der Waals surface area contributed by atoms with E-state index in [2.05, 4.69) is 18.8 Å². The highest BCUT2D eigenvalue weighted by Crippen LogP contribution is 2.11. The largest absolute Gasteiger partial charge is 0.293 e. The van der Waals surface area contributed by atoms with Gasteiger partial charge >= 0.3 is 0 Å². The van der Waals surface area contributed by atoms with E-state index in [1.807, 2.05) is 66.7 Å². The molecule has 0 aliphatic rings. The fraction of sp³-hybridized carbons (Fsp3) is 0.190. The van der Waals surface area contributed by atoms with Crippen LogP contribution in [0, 0.1) is 11.8 Å². The first kappa shape index (κ1) is 15.8. The molecular formula is C21H20O. The van der Waals surface area contributed by atoms with Gasteiger partial charge in [-0.3, -0.25) is 4.79 Å². The zero-order valence-electron chi connectivity index (χ0n) is 12.9. The summed E-state index contributed by atoms with van der Waals surface area (Å²) in [6.45, 7) is 2.09. The molecule has 0 fully saturated rings. The van der Waals surface area contributed by atoms with Gasteiger partial charge in [-0.05, 0) is 30.2 Å². The van der Waals surface area contributed by atoms with E-state index in [1.165, 1.54) is 0 Å². The molecule has 0 aromatic heterocycles. The van der Waals surface area contributed by atoms with Crippen molar-refractivity contribution in [2.24, 2.45) is 0 Å². The van der Waals surface area contributed by atoms with E-state index < -0.39 is 0 Å². The predicted molar refractivity (Wildman–Crippen MR) is 92.3 cm³/mol. The maximum Gasteiger partial charge on any atom is 0.171 e. The monoisotopic (exact) mass is 288 g/mol. The van der Waals surface area contributed by atoms with E-state index in [9.17, 15) is 4.79 Å². The number of hydrogen-bond donors (Lipinski definition) is 0. The second-order valence-corrected chi connectivity index (χ2v) is 5.11. The number of hydrogen-bond acceptors (Lipinski definition) is 1. The van der Waals surface area contributed by atoms with Crippen molar-refractivity contribution in [3.63, 3.8) is 0 Å². The molecule has 110 valence electrons. The smallest absolute Gasteiger partial charge is 0.171 e. The van der Waals surface area contributed by atoms with Gasteiger partial charge in [0.05, 0.1) is 5.57 Å². The minimum absolute atomic E-state index is 0.120. The van der Waals surface area contributed by atoms with Crippen molar-refractivity contribution in [1.29, 1.82) is 0 Å². The molecule has 2 aromatic rings. The van der Waals surface area contributed by atoms with E-state index in [4.69, 9.17) is 0 Å². The van der Waals surface area contributed by atoms with Gasteiger partial charge in [-0.1, -0.05) is 73.7 Å². The van der Waals surface area contributed by atoms with Crippen LogP contribution in [0.15, 0.2) is 66.2 Å². The summed E-state index contributed by atoms with van der Waals surface area (Å²) < 4.78 is 0. The van der Waals surface area contributed by atoms with Crippen LogP contribution in [0.5, 0.6) is 0 Å². The van der Waals surface area contributed by atoms with E-state index in [0.29, 0.717) is 12.0 Å². The minimum atomic E-state index is 0.120. The molecule has 0 amide bonds. The third kappa shape index (κ3) is 5.07. The summed E-state index contributed by atoms with van der Waals surface area (Å²) in [6.07, 6.45) is 4.35. The number of carbonyl (C=O) groups excluding carboxylic acids is 1. The first-order valence-electron chi connectivity index (χ1n) is 7.66. The number of allylic oxidation sites excluding steroid dienone is 1. The van der Waals surface area contributed by atoms with Crippen LogP contribution in [0.25, 0.3) is 6.08 Å². The number of rotatable bonds is 5. The van der Waals surface area contributed by atoms with Gasteiger partial charge in [0, 0.05) is 12.0 Å². The molecule has 0 saturated carbocycles. The Morgan fingerprint density at radius 1 is 1.00 bits per heavy atom. The zero-order chi connectivity index (χ0) is 15.6. The first-order chi connectivity index (χ1) is 10.8. The molecule has 0 N–H and O–H groups in total. The SMILES string of the molecule is CCCCC(=O)/C(C#Cc1ccccc1)=C/c1ccccc1. The molecule has 0 radical (unpaired) electrons. The van der Waals surface area contributed by atoms with E-state index in [0.717, 1.165) is 24.0 Å². The maximum atomic E-state index is 12.4. The third-order valence-corrected chi connectivity index (χ3v) is 3.28. The number of benzene rings is 2. The normalized spacial score (nSPS) is 10.7. The summed E-state index contributed by atoms with van der Waals surface area (Å²) in [5.41, 5.74) is 2.51. The van der Waals surface area contributed by atoms with Crippen LogP contribution >= 0.6 is 0 Å². The molecule has 0 atom stereocenters. The standard InChI is InChI=1S/C21H20O/c1-2-3-14-21(22)20(17-19-12-8-5-9-13-19)16-15-18-10-6-4-7-11-18/h4-13,17H,2-3,14H2,1H3/b20-17+. The van der Waals surface area contributed by atoms with Crippen LogP contribution < -0.4 is 0 Å². The van der Waals surface area contributed by atoms with Crippen LogP contribution in [0.2, 0.25) is 0 Å². The zero-order valence-corrected chi connectivity index (χ0v) is 12.9. The average Bonchev–Trinajstić information content (AvgIpc) is 2.58. The van der Waals surface area contributed by atoms with Crippen molar-refractivity contribution in [3.8, 4) is 11.8 Å². The highest BCUT2D eigenvalue weighted by Gasteiger charge is 2.06. The Morgan fingerprint density at radius 2 is 1.64 bits per heavy atom. The van der Waals surface area contributed by atoms with Crippen LogP contribution in [0.4, 0.5) is 0 Å². The highest BCUT2D eigenvalue weighted by atomic mass is 16.1. The molecule has 22 heavy (non-hydrogen) atoms. The van der Waals surface area contributed by atoms with Gasteiger partial charge in [-0.2, -0.15) is 0 Å². The van der Waals surface area contributed by atoms with Gasteiger partial charge in [0.2, 0.25) is 0 Å². The fourth-order valence-corrected chi connectivity index (χ4v) is 2.04. The Balaban J connectivity index is 2.28. The predicted octanol–water partition coefficient (Wildman–Crippen LogP) is 4.88. The molecule has 2 aromatic carbocycles. The molecule has 1 heteroatoms. The lowest BCUT2D eigenvalue weighted by molar-refractivity contribution is -0.115. The molecule has 1 nitrogen and oxygen atoms in total. The summed E-state index contributed by atoms with van der Waals surface area (Å²) in [5.74, 6) is 6.26. The molecule has 0 bridgehead atoms. The van der Waals surface area contributed by atoms with Gasteiger partial charge in [-0.25, -0.2) is 0 Å². The second kappa shape index (κ2) is 8.64. The van der Waals surface area contributed by atoms with E-state index >= 15 is 0 Å². The molecule has 0 heterocycles. The van der Waals surface area contributed by atoms with Gasteiger partial charge in [-0.15, -0.1) is 0 Å². The Kier molecular flexibility index (Phi) is 6.20. The molecule has 0 aliphatic carbocycles.